The molecule has 33 heavy (non-hydrogen) atoms. The van der Waals surface area contributed by atoms with E-state index in [1.807, 2.05) is 32.9 Å². The van der Waals surface area contributed by atoms with E-state index in [0.29, 0.717) is 24.4 Å². The van der Waals surface area contributed by atoms with Crippen molar-refractivity contribution in [3.05, 3.63) is 58.6 Å². The lowest BCUT2D eigenvalue weighted by molar-refractivity contribution is -0.118. The lowest BCUT2D eigenvalue weighted by Gasteiger charge is -2.39. The molecule has 1 atom stereocenters. The highest BCUT2D eigenvalue weighted by Crippen LogP contribution is 2.26. The van der Waals surface area contributed by atoms with Crippen molar-refractivity contribution in [2.75, 3.05) is 38.5 Å². The van der Waals surface area contributed by atoms with E-state index in [2.05, 4.69) is 34.3 Å². The summed E-state index contributed by atoms with van der Waals surface area (Å²) in [7, 11) is 2.12. The molecular weight excluding hydrogens is 420 g/mol. The van der Waals surface area contributed by atoms with Gasteiger partial charge in [-0.15, -0.1) is 0 Å². The third kappa shape index (κ3) is 5.29. The van der Waals surface area contributed by atoms with Crippen LogP contribution in [-0.4, -0.2) is 59.6 Å². The van der Waals surface area contributed by atoms with Gasteiger partial charge in [0.2, 0.25) is 5.91 Å². The molecule has 1 N–H and O–H groups in total. The van der Waals surface area contributed by atoms with Crippen LogP contribution in [0.3, 0.4) is 0 Å². The Morgan fingerprint density at radius 2 is 1.94 bits per heavy atom. The predicted molar refractivity (Wildman–Crippen MR) is 129 cm³/mol. The molecule has 176 valence electrons. The molecule has 1 aliphatic heterocycles. The lowest BCUT2D eigenvalue weighted by Crippen LogP contribution is -2.48. The number of carbonyl (C=O) groups is 1. The molecule has 0 unspecified atom stereocenters. The van der Waals surface area contributed by atoms with Crippen LogP contribution in [0.15, 0.2) is 51.7 Å². The standard InChI is InChI=1S/C25H32N4O4/c1-5-29-21-11-8-19(14-23(21)33-25(29)31)26-24(30)16-28-13-12-27(4)22(15-28)18-6-9-20(10-7-18)32-17(2)3/h6-11,14,17,22H,5,12-13,15-16H2,1-4H3,(H,26,30)/t22-/m1/s1. The molecule has 0 spiro atoms. The number of benzene rings is 2. The fourth-order valence-corrected chi connectivity index (χ4v) is 4.32. The highest BCUT2D eigenvalue weighted by atomic mass is 16.5. The number of aromatic nitrogens is 1. The first-order valence-electron chi connectivity index (χ1n) is 11.5. The van der Waals surface area contributed by atoms with Crippen LogP contribution >= 0.6 is 0 Å². The van der Waals surface area contributed by atoms with Gasteiger partial charge in [0.1, 0.15) is 5.75 Å². The Labute approximate surface area is 193 Å². The molecule has 8 heteroatoms. The van der Waals surface area contributed by atoms with Gasteiger partial charge in [0.25, 0.3) is 0 Å². The number of amides is 1. The molecule has 1 fully saturated rings. The molecule has 2 aromatic carbocycles. The van der Waals surface area contributed by atoms with Gasteiger partial charge >= 0.3 is 5.76 Å². The second-order valence-electron chi connectivity index (χ2n) is 8.81. The number of hydrogen-bond donors (Lipinski definition) is 1. The van der Waals surface area contributed by atoms with Gasteiger partial charge in [0.05, 0.1) is 18.2 Å². The maximum atomic E-state index is 12.7. The van der Waals surface area contributed by atoms with Crippen molar-refractivity contribution in [2.45, 2.75) is 39.5 Å². The predicted octanol–water partition coefficient (Wildman–Crippen LogP) is 3.33. The van der Waals surface area contributed by atoms with Gasteiger partial charge in [0.15, 0.2) is 5.58 Å². The van der Waals surface area contributed by atoms with Gasteiger partial charge in [-0.25, -0.2) is 4.79 Å². The minimum Gasteiger partial charge on any atom is -0.491 e. The first-order chi connectivity index (χ1) is 15.8. The molecule has 0 bridgehead atoms. The molecular formula is C25H32N4O4. The van der Waals surface area contributed by atoms with E-state index in [0.717, 1.165) is 30.9 Å². The van der Waals surface area contributed by atoms with Crippen molar-refractivity contribution in [3.8, 4) is 5.75 Å². The van der Waals surface area contributed by atoms with Crippen LogP contribution in [0.5, 0.6) is 5.75 Å². The van der Waals surface area contributed by atoms with Gasteiger partial charge < -0.3 is 14.5 Å². The van der Waals surface area contributed by atoms with Crippen LogP contribution in [0.2, 0.25) is 0 Å². The molecule has 1 amide bonds. The summed E-state index contributed by atoms with van der Waals surface area (Å²) in [5.41, 5.74) is 3.03. The molecule has 1 aromatic heterocycles. The van der Waals surface area contributed by atoms with Gasteiger partial charge in [-0.1, -0.05) is 12.1 Å². The fourth-order valence-electron chi connectivity index (χ4n) is 4.32. The minimum absolute atomic E-state index is 0.0874. The Balaban J connectivity index is 1.39. The third-order valence-electron chi connectivity index (χ3n) is 6.00. The zero-order valence-electron chi connectivity index (χ0n) is 19.7. The largest absolute Gasteiger partial charge is 0.491 e. The van der Waals surface area contributed by atoms with Crippen LogP contribution in [-0.2, 0) is 11.3 Å². The number of rotatable bonds is 7. The molecule has 0 aliphatic carbocycles. The van der Waals surface area contributed by atoms with Crippen LogP contribution < -0.4 is 15.8 Å². The van der Waals surface area contributed by atoms with Crippen molar-refractivity contribution in [1.82, 2.24) is 14.4 Å². The zero-order valence-corrected chi connectivity index (χ0v) is 19.7. The average Bonchev–Trinajstić information content (AvgIpc) is 3.09. The number of hydrogen-bond acceptors (Lipinski definition) is 6. The molecule has 1 saturated heterocycles. The molecule has 0 saturated carbocycles. The summed E-state index contributed by atoms with van der Waals surface area (Å²) in [6.45, 7) is 9.23. The summed E-state index contributed by atoms with van der Waals surface area (Å²) < 4.78 is 12.6. The highest BCUT2D eigenvalue weighted by molar-refractivity contribution is 5.94. The average molecular weight is 453 g/mol. The topological polar surface area (TPSA) is 80.0 Å². The molecule has 3 aromatic rings. The summed E-state index contributed by atoms with van der Waals surface area (Å²) in [6, 6.07) is 13.7. The van der Waals surface area contributed by atoms with Crippen LogP contribution in [0, 0.1) is 0 Å². The van der Waals surface area contributed by atoms with Crippen LogP contribution in [0.25, 0.3) is 11.1 Å². The molecule has 0 radical (unpaired) electrons. The highest BCUT2D eigenvalue weighted by Gasteiger charge is 2.27. The smallest absolute Gasteiger partial charge is 0.419 e. The number of anilines is 1. The van der Waals surface area contributed by atoms with E-state index < -0.39 is 0 Å². The monoisotopic (exact) mass is 452 g/mol. The third-order valence-corrected chi connectivity index (χ3v) is 6.00. The van der Waals surface area contributed by atoms with Gasteiger partial charge in [0, 0.05) is 44.0 Å². The number of carbonyl (C=O) groups excluding carboxylic acids is 1. The van der Waals surface area contributed by atoms with Crippen LogP contribution in [0.1, 0.15) is 32.4 Å². The maximum Gasteiger partial charge on any atom is 0.419 e. The Bertz CT molecular complexity index is 1170. The Morgan fingerprint density at radius 1 is 1.18 bits per heavy atom. The number of aryl methyl sites for hydroxylation is 1. The van der Waals surface area contributed by atoms with Crippen molar-refractivity contribution in [3.63, 3.8) is 0 Å². The Morgan fingerprint density at radius 3 is 2.64 bits per heavy atom. The molecule has 1 aliphatic rings. The second-order valence-corrected chi connectivity index (χ2v) is 8.81. The van der Waals surface area contributed by atoms with Crippen molar-refractivity contribution in [1.29, 1.82) is 0 Å². The number of nitrogens with zero attached hydrogens (tertiary/aromatic N) is 3. The van der Waals surface area contributed by atoms with Crippen molar-refractivity contribution in [2.24, 2.45) is 0 Å². The zero-order chi connectivity index (χ0) is 23.5. The van der Waals surface area contributed by atoms with Crippen LogP contribution in [0.4, 0.5) is 5.69 Å². The minimum atomic E-state index is -0.386. The normalized spacial score (nSPS) is 17.5. The van der Waals surface area contributed by atoms with E-state index in [1.54, 1.807) is 22.8 Å². The van der Waals surface area contributed by atoms with E-state index in [-0.39, 0.29) is 23.8 Å². The number of ether oxygens (including phenoxy) is 1. The van der Waals surface area contributed by atoms with E-state index >= 15 is 0 Å². The Hall–Kier alpha value is -3.10. The maximum absolute atomic E-state index is 12.7. The summed E-state index contributed by atoms with van der Waals surface area (Å²) in [4.78, 5) is 29.1. The van der Waals surface area contributed by atoms with Gasteiger partial charge in [-0.2, -0.15) is 0 Å². The van der Waals surface area contributed by atoms with Crippen molar-refractivity contribution >= 4 is 22.7 Å². The summed E-state index contributed by atoms with van der Waals surface area (Å²) >= 11 is 0. The first-order valence-corrected chi connectivity index (χ1v) is 11.5. The first kappa shape index (κ1) is 23.1. The number of nitrogens with one attached hydrogen (secondary N) is 1. The van der Waals surface area contributed by atoms with Gasteiger partial charge in [-0.3, -0.25) is 19.2 Å². The number of piperazine rings is 1. The molecule has 8 nitrogen and oxygen atoms in total. The Kier molecular flexibility index (Phi) is 6.85. The summed E-state index contributed by atoms with van der Waals surface area (Å²) in [5.74, 6) is 0.393. The van der Waals surface area contributed by atoms with E-state index in [4.69, 9.17) is 9.15 Å². The SMILES string of the molecule is CCn1c(=O)oc2cc(NC(=O)CN3CCN(C)[C@@H](c4ccc(OC(C)C)cc4)C3)ccc21. The lowest BCUT2D eigenvalue weighted by atomic mass is 10.0. The fraction of sp³-hybridized carbons (Fsp3) is 0.440. The summed E-state index contributed by atoms with van der Waals surface area (Å²) in [6.07, 6.45) is 0.144. The van der Waals surface area contributed by atoms with Crippen molar-refractivity contribution < 1.29 is 13.9 Å². The number of oxazole rings is 1. The van der Waals surface area contributed by atoms with E-state index in [1.165, 1.54) is 5.56 Å². The van der Waals surface area contributed by atoms with E-state index in [9.17, 15) is 9.59 Å². The quantitative estimate of drug-likeness (QED) is 0.592. The molecule has 2 heterocycles. The molecule has 4 rings (SSSR count). The van der Waals surface area contributed by atoms with Gasteiger partial charge in [-0.05, 0) is 57.6 Å². The second kappa shape index (κ2) is 9.80. The number of fused-ring (bicyclic) bond motifs is 1. The number of likely N-dealkylation sites (N-methyl/N-ethyl adjacent to an activating group) is 1. The summed E-state index contributed by atoms with van der Waals surface area (Å²) in [5, 5.41) is 2.94.